The molecule has 1 fully saturated rings. The van der Waals surface area contributed by atoms with Gasteiger partial charge in [-0.1, -0.05) is 22.0 Å². The van der Waals surface area contributed by atoms with Crippen LogP contribution in [0.2, 0.25) is 0 Å². The zero-order valence-corrected chi connectivity index (χ0v) is 19.8. The molecule has 2 heterocycles. The Bertz CT molecular complexity index is 1110. The summed E-state index contributed by atoms with van der Waals surface area (Å²) in [7, 11) is -3.32. The highest BCUT2D eigenvalue weighted by Gasteiger charge is 2.32. The van der Waals surface area contributed by atoms with Gasteiger partial charge in [0.05, 0.1) is 22.4 Å². The van der Waals surface area contributed by atoms with Crippen molar-refractivity contribution in [1.82, 2.24) is 4.98 Å². The van der Waals surface area contributed by atoms with Crippen molar-refractivity contribution in [3.63, 3.8) is 0 Å². The first-order valence-corrected chi connectivity index (χ1v) is 13.1. The molecule has 1 aromatic heterocycles. The monoisotopic (exact) mass is 506 g/mol. The highest BCUT2D eigenvalue weighted by Crippen LogP contribution is 2.32. The van der Waals surface area contributed by atoms with Gasteiger partial charge in [0.25, 0.3) is 0 Å². The SMILES string of the molecule is CCOc1ccc(-c2csc(N3CCC(S(=O)(=O)c4cccc(Br)c4)CC3)n2)cc1. The Kier molecular flexibility index (Phi) is 6.46. The molecule has 0 aliphatic carbocycles. The van der Waals surface area contributed by atoms with Gasteiger partial charge < -0.3 is 9.64 Å². The van der Waals surface area contributed by atoms with Crippen LogP contribution in [0.3, 0.4) is 0 Å². The number of thiazole rings is 1. The van der Waals surface area contributed by atoms with Crippen LogP contribution in [-0.2, 0) is 9.84 Å². The fraction of sp³-hybridized carbons (Fsp3) is 0.318. The van der Waals surface area contributed by atoms with E-state index in [1.165, 1.54) is 0 Å². The summed E-state index contributed by atoms with van der Waals surface area (Å²) in [4.78, 5) is 7.37. The van der Waals surface area contributed by atoms with Gasteiger partial charge in [-0.2, -0.15) is 0 Å². The van der Waals surface area contributed by atoms with Gasteiger partial charge in [0.1, 0.15) is 5.75 Å². The first kappa shape index (κ1) is 21.3. The van der Waals surface area contributed by atoms with E-state index in [4.69, 9.17) is 9.72 Å². The van der Waals surface area contributed by atoms with E-state index in [9.17, 15) is 8.42 Å². The lowest BCUT2D eigenvalue weighted by Crippen LogP contribution is -2.39. The summed E-state index contributed by atoms with van der Waals surface area (Å²) in [5.74, 6) is 0.852. The van der Waals surface area contributed by atoms with Gasteiger partial charge in [-0.25, -0.2) is 13.4 Å². The summed E-state index contributed by atoms with van der Waals surface area (Å²) in [6, 6.07) is 14.9. The largest absolute Gasteiger partial charge is 0.494 e. The van der Waals surface area contributed by atoms with Crippen molar-refractivity contribution in [3.8, 4) is 17.0 Å². The van der Waals surface area contributed by atoms with Gasteiger partial charge >= 0.3 is 0 Å². The molecule has 0 atom stereocenters. The molecule has 0 amide bonds. The summed E-state index contributed by atoms with van der Waals surface area (Å²) in [6.07, 6.45) is 1.21. The zero-order chi connectivity index (χ0) is 21.1. The van der Waals surface area contributed by atoms with Crippen molar-refractivity contribution in [2.75, 3.05) is 24.6 Å². The van der Waals surface area contributed by atoms with Gasteiger partial charge in [0, 0.05) is 28.5 Å². The van der Waals surface area contributed by atoms with Crippen LogP contribution in [-0.4, -0.2) is 38.3 Å². The number of ether oxygens (including phenoxy) is 1. The Morgan fingerprint density at radius 3 is 2.57 bits per heavy atom. The van der Waals surface area contributed by atoms with Crippen LogP contribution >= 0.6 is 27.3 Å². The van der Waals surface area contributed by atoms with Crippen molar-refractivity contribution in [2.24, 2.45) is 0 Å². The lowest BCUT2D eigenvalue weighted by atomic mass is 10.1. The average molecular weight is 507 g/mol. The maximum absolute atomic E-state index is 13.0. The Morgan fingerprint density at radius 1 is 1.17 bits per heavy atom. The molecule has 2 aromatic carbocycles. The third kappa shape index (κ3) is 4.55. The molecule has 158 valence electrons. The van der Waals surface area contributed by atoms with Crippen LogP contribution in [0.4, 0.5) is 5.13 Å². The standard InChI is InChI=1S/C22H23BrN2O3S2/c1-2-28-18-8-6-16(7-9-18)21-15-29-22(24-21)25-12-10-19(11-13-25)30(26,27)20-5-3-4-17(23)14-20/h3-9,14-15,19H,2,10-13H2,1H3. The first-order valence-electron chi connectivity index (χ1n) is 9.90. The molecule has 3 aromatic rings. The van der Waals surface area contributed by atoms with E-state index in [0.29, 0.717) is 37.4 Å². The molecule has 0 saturated carbocycles. The molecule has 0 unspecified atom stereocenters. The molecule has 0 spiro atoms. The van der Waals surface area contributed by atoms with Crippen LogP contribution < -0.4 is 9.64 Å². The zero-order valence-electron chi connectivity index (χ0n) is 16.6. The molecule has 1 aliphatic rings. The Labute approximate surface area is 189 Å². The van der Waals surface area contributed by atoms with Crippen molar-refractivity contribution in [3.05, 3.63) is 58.4 Å². The van der Waals surface area contributed by atoms with E-state index in [-0.39, 0.29) is 5.25 Å². The summed E-state index contributed by atoms with van der Waals surface area (Å²) in [6.45, 7) is 3.99. The normalized spacial score (nSPS) is 15.3. The van der Waals surface area contributed by atoms with Crippen LogP contribution in [0.5, 0.6) is 5.75 Å². The van der Waals surface area contributed by atoms with Crippen LogP contribution in [0.1, 0.15) is 19.8 Å². The maximum atomic E-state index is 13.0. The third-order valence-corrected chi connectivity index (χ3v) is 8.88. The molecule has 0 N–H and O–H groups in total. The second kappa shape index (κ2) is 9.08. The lowest BCUT2D eigenvalue weighted by molar-refractivity contribution is 0.340. The van der Waals surface area contributed by atoms with E-state index < -0.39 is 9.84 Å². The van der Waals surface area contributed by atoms with Crippen molar-refractivity contribution < 1.29 is 13.2 Å². The number of rotatable bonds is 6. The van der Waals surface area contributed by atoms with Gasteiger partial charge in [-0.05, 0) is 62.2 Å². The number of benzene rings is 2. The molecule has 1 aliphatic heterocycles. The van der Waals surface area contributed by atoms with E-state index in [0.717, 1.165) is 26.6 Å². The summed E-state index contributed by atoms with van der Waals surface area (Å²) in [5, 5.41) is 2.64. The number of sulfone groups is 1. The smallest absolute Gasteiger partial charge is 0.185 e. The number of hydrogen-bond acceptors (Lipinski definition) is 6. The number of piperidine rings is 1. The molecular weight excluding hydrogens is 484 g/mol. The fourth-order valence-electron chi connectivity index (χ4n) is 3.62. The molecule has 30 heavy (non-hydrogen) atoms. The van der Waals surface area contributed by atoms with Crippen LogP contribution in [0, 0.1) is 0 Å². The molecule has 5 nitrogen and oxygen atoms in total. The average Bonchev–Trinajstić information content (AvgIpc) is 3.25. The van der Waals surface area contributed by atoms with Gasteiger partial charge in [-0.3, -0.25) is 0 Å². The quantitative estimate of drug-likeness (QED) is 0.446. The second-order valence-electron chi connectivity index (χ2n) is 7.16. The minimum Gasteiger partial charge on any atom is -0.494 e. The molecule has 8 heteroatoms. The third-order valence-electron chi connectivity index (χ3n) is 5.23. The van der Waals surface area contributed by atoms with E-state index >= 15 is 0 Å². The molecule has 4 rings (SSSR count). The van der Waals surface area contributed by atoms with Crippen LogP contribution in [0.25, 0.3) is 11.3 Å². The fourth-order valence-corrected chi connectivity index (χ4v) is 6.84. The number of aromatic nitrogens is 1. The summed E-state index contributed by atoms with van der Waals surface area (Å²) in [5.41, 5.74) is 1.98. The van der Waals surface area contributed by atoms with Gasteiger partial charge in [-0.15, -0.1) is 11.3 Å². The van der Waals surface area contributed by atoms with E-state index in [2.05, 4.69) is 26.2 Å². The molecular formula is C22H23BrN2O3S2. The second-order valence-corrected chi connectivity index (χ2v) is 11.1. The molecule has 1 saturated heterocycles. The minimum absolute atomic E-state index is 0.353. The number of halogens is 1. The number of anilines is 1. The Balaban J connectivity index is 1.42. The van der Waals surface area contributed by atoms with Crippen LogP contribution in [0.15, 0.2) is 63.3 Å². The maximum Gasteiger partial charge on any atom is 0.185 e. The Hall–Kier alpha value is -1.90. The summed E-state index contributed by atoms with van der Waals surface area (Å²) >= 11 is 4.97. The predicted molar refractivity (Wildman–Crippen MR) is 125 cm³/mol. The summed E-state index contributed by atoms with van der Waals surface area (Å²) < 4.78 is 32.2. The predicted octanol–water partition coefficient (Wildman–Crippen LogP) is 5.41. The van der Waals surface area contributed by atoms with Crippen molar-refractivity contribution >= 4 is 42.2 Å². The Morgan fingerprint density at radius 2 is 1.90 bits per heavy atom. The van der Waals surface area contributed by atoms with Crippen molar-refractivity contribution in [1.29, 1.82) is 0 Å². The van der Waals surface area contributed by atoms with E-state index in [1.807, 2.05) is 37.3 Å². The highest BCUT2D eigenvalue weighted by atomic mass is 79.9. The number of nitrogens with zero attached hydrogens (tertiary/aromatic N) is 2. The minimum atomic E-state index is -3.32. The topological polar surface area (TPSA) is 59.5 Å². The highest BCUT2D eigenvalue weighted by molar-refractivity contribution is 9.10. The van der Waals surface area contributed by atoms with E-state index in [1.54, 1.807) is 29.5 Å². The van der Waals surface area contributed by atoms with Gasteiger partial charge in [0.15, 0.2) is 15.0 Å². The van der Waals surface area contributed by atoms with Gasteiger partial charge in [0.2, 0.25) is 0 Å². The molecule has 0 bridgehead atoms. The number of hydrogen-bond donors (Lipinski definition) is 0. The molecule has 0 radical (unpaired) electrons. The van der Waals surface area contributed by atoms with Crippen molar-refractivity contribution in [2.45, 2.75) is 29.9 Å². The lowest BCUT2D eigenvalue weighted by Gasteiger charge is -2.31. The first-order chi connectivity index (χ1) is 14.5.